The molecule has 0 unspecified atom stereocenters. The highest BCUT2D eigenvalue weighted by Gasteiger charge is 2.06. The summed E-state index contributed by atoms with van der Waals surface area (Å²) in [6.45, 7) is 0. The molecule has 0 amide bonds. The van der Waals surface area contributed by atoms with Gasteiger partial charge < -0.3 is 4.57 Å². The predicted molar refractivity (Wildman–Crippen MR) is 49.8 cm³/mol. The summed E-state index contributed by atoms with van der Waals surface area (Å²) < 4.78 is 6.50. The van der Waals surface area contributed by atoms with Crippen LogP contribution in [0.1, 0.15) is 0 Å². The van der Waals surface area contributed by atoms with E-state index in [9.17, 15) is 0 Å². The number of aryl methyl sites for hydroxylation is 1. The van der Waals surface area contributed by atoms with Gasteiger partial charge in [-0.25, -0.2) is 9.97 Å². The summed E-state index contributed by atoms with van der Waals surface area (Å²) in [7, 11) is 1.92. The Morgan fingerprint density at radius 3 is 2.92 bits per heavy atom. The van der Waals surface area contributed by atoms with Crippen molar-refractivity contribution in [2.24, 2.45) is 7.05 Å². The van der Waals surface area contributed by atoms with E-state index in [-0.39, 0.29) is 0 Å². The van der Waals surface area contributed by atoms with Gasteiger partial charge in [-0.15, -0.1) is 0 Å². The Kier molecular flexibility index (Phi) is 1.93. The highest BCUT2D eigenvalue weighted by molar-refractivity contribution is 9.10. The van der Waals surface area contributed by atoms with Crippen LogP contribution in [0.25, 0.3) is 10.7 Å². The molecule has 0 fully saturated rings. The molecule has 2 aromatic rings. The van der Waals surface area contributed by atoms with Crippen LogP contribution < -0.4 is 0 Å². The molecule has 0 spiro atoms. The van der Waals surface area contributed by atoms with Crippen molar-refractivity contribution in [1.82, 2.24) is 18.9 Å². The third-order valence-corrected chi connectivity index (χ3v) is 2.65. The van der Waals surface area contributed by atoms with Crippen molar-refractivity contribution in [3.8, 4) is 10.7 Å². The first-order valence-corrected chi connectivity index (χ1v) is 4.80. The second-order valence-electron chi connectivity index (χ2n) is 2.29. The van der Waals surface area contributed by atoms with E-state index >= 15 is 0 Å². The van der Waals surface area contributed by atoms with Crippen LogP contribution in [0.5, 0.6) is 0 Å². The summed E-state index contributed by atoms with van der Waals surface area (Å²) >= 11 is 4.52. The van der Waals surface area contributed by atoms with E-state index < -0.39 is 0 Å². The van der Waals surface area contributed by atoms with Gasteiger partial charge in [-0.2, -0.15) is 4.37 Å². The Morgan fingerprint density at radius 1 is 1.58 bits per heavy atom. The minimum Gasteiger partial charge on any atom is -0.340 e. The molecule has 0 saturated heterocycles. The maximum absolute atomic E-state index is 4.15. The van der Waals surface area contributed by atoms with Crippen LogP contribution in [0, 0.1) is 0 Å². The fraction of sp³-hybridized carbons (Fsp3) is 0.167. The lowest BCUT2D eigenvalue weighted by Gasteiger charge is -1.83. The lowest BCUT2D eigenvalue weighted by Crippen LogP contribution is -1.77. The van der Waals surface area contributed by atoms with Crippen molar-refractivity contribution in [3.05, 3.63) is 17.3 Å². The third kappa shape index (κ3) is 1.39. The van der Waals surface area contributed by atoms with Gasteiger partial charge in [-0.3, -0.25) is 0 Å². The Morgan fingerprint density at radius 2 is 2.42 bits per heavy atom. The average molecular weight is 245 g/mol. The molecule has 62 valence electrons. The second kappa shape index (κ2) is 2.95. The zero-order valence-corrected chi connectivity index (χ0v) is 8.63. The first kappa shape index (κ1) is 7.88. The van der Waals surface area contributed by atoms with Gasteiger partial charge in [-0.1, -0.05) is 0 Å². The minimum atomic E-state index is 0.619. The zero-order valence-electron chi connectivity index (χ0n) is 6.23. The number of halogens is 1. The fourth-order valence-corrected chi connectivity index (χ4v) is 1.87. The van der Waals surface area contributed by atoms with Crippen molar-refractivity contribution in [2.75, 3.05) is 0 Å². The van der Waals surface area contributed by atoms with Crippen LogP contribution >= 0.6 is 27.5 Å². The summed E-state index contributed by atoms with van der Waals surface area (Å²) in [5.74, 6) is 0. The van der Waals surface area contributed by atoms with E-state index in [0.717, 1.165) is 10.7 Å². The predicted octanol–water partition coefficient (Wildman–Crippen LogP) is 1.70. The van der Waals surface area contributed by atoms with Crippen molar-refractivity contribution >= 4 is 27.5 Å². The van der Waals surface area contributed by atoms with Crippen molar-refractivity contribution < 1.29 is 0 Å². The van der Waals surface area contributed by atoms with Crippen LogP contribution in [-0.4, -0.2) is 18.9 Å². The number of hydrogen-bond donors (Lipinski definition) is 0. The van der Waals surface area contributed by atoms with E-state index in [1.165, 1.54) is 11.5 Å². The summed E-state index contributed by atoms with van der Waals surface area (Å²) in [5.41, 5.74) is 0.862. The zero-order chi connectivity index (χ0) is 8.55. The standard InChI is InChI=1S/C6H5BrN4S/c1-11-2-4(8-3-11)5-9-6(7)10-12-5/h2-3H,1H3. The van der Waals surface area contributed by atoms with Crippen molar-refractivity contribution in [2.45, 2.75) is 0 Å². The monoisotopic (exact) mass is 244 g/mol. The van der Waals surface area contributed by atoms with E-state index in [4.69, 9.17) is 0 Å². The van der Waals surface area contributed by atoms with Gasteiger partial charge >= 0.3 is 0 Å². The molecular formula is C6H5BrN4S. The summed E-state index contributed by atoms with van der Waals surface area (Å²) in [6.07, 6.45) is 3.65. The molecule has 0 aliphatic rings. The summed E-state index contributed by atoms with van der Waals surface area (Å²) in [5, 5.41) is 0.836. The molecule has 6 heteroatoms. The molecule has 0 radical (unpaired) electrons. The molecule has 0 aromatic carbocycles. The van der Waals surface area contributed by atoms with Crippen LogP contribution in [0.2, 0.25) is 0 Å². The highest BCUT2D eigenvalue weighted by Crippen LogP contribution is 2.20. The maximum Gasteiger partial charge on any atom is 0.209 e. The molecule has 4 nitrogen and oxygen atoms in total. The molecule has 0 aliphatic heterocycles. The Bertz CT molecular complexity index is 355. The van der Waals surface area contributed by atoms with E-state index in [1.54, 1.807) is 6.33 Å². The van der Waals surface area contributed by atoms with Crippen LogP contribution in [0.4, 0.5) is 0 Å². The maximum atomic E-state index is 4.15. The summed E-state index contributed by atoms with van der Waals surface area (Å²) in [6, 6.07) is 0. The number of imidazole rings is 1. The van der Waals surface area contributed by atoms with Gasteiger partial charge in [-0.05, 0) is 27.5 Å². The number of rotatable bonds is 1. The lowest BCUT2D eigenvalue weighted by molar-refractivity contribution is 0.913. The molecule has 2 heterocycles. The number of aromatic nitrogens is 4. The van der Waals surface area contributed by atoms with Gasteiger partial charge in [0.05, 0.1) is 6.33 Å². The Labute approximate surface area is 81.6 Å². The number of nitrogens with zero attached hydrogens (tertiary/aromatic N) is 4. The van der Waals surface area contributed by atoms with Gasteiger partial charge in [0.25, 0.3) is 0 Å². The third-order valence-electron chi connectivity index (χ3n) is 1.33. The molecule has 0 bridgehead atoms. The minimum absolute atomic E-state index is 0.619. The van der Waals surface area contributed by atoms with Crippen LogP contribution in [-0.2, 0) is 7.05 Å². The average Bonchev–Trinajstić information content (AvgIpc) is 2.58. The second-order valence-corrected chi connectivity index (χ2v) is 3.75. The molecule has 2 rings (SSSR count). The topological polar surface area (TPSA) is 43.6 Å². The largest absolute Gasteiger partial charge is 0.340 e. The first-order chi connectivity index (χ1) is 5.75. The molecule has 0 atom stereocenters. The molecule has 12 heavy (non-hydrogen) atoms. The van der Waals surface area contributed by atoms with E-state index in [0.29, 0.717) is 4.73 Å². The van der Waals surface area contributed by atoms with Gasteiger partial charge in [0, 0.05) is 13.2 Å². The van der Waals surface area contributed by atoms with Crippen molar-refractivity contribution in [1.29, 1.82) is 0 Å². The number of hydrogen-bond acceptors (Lipinski definition) is 4. The molecule has 0 aliphatic carbocycles. The quantitative estimate of drug-likeness (QED) is 0.768. The normalized spacial score (nSPS) is 10.5. The molecule has 0 saturated carbocycles. The van der Waals surface area contributed by atoms with Gasteiger partial charge in [0.1, 0.15) is 5.69 Å². The molecular weight excluding hydrogens is 240 g/mol. The smallest absolute Gasteiger partial charge is 0.209 e. The fourth-order valence-electron chi connectivity index (χ4n) is 0.833. The Hall–Kier alpha value is -0.750. The van der Waals surface area contributed by atoms with Crippen LogP contribution in [0.3, 0.4) is 0 Å². The highest BCUT2D eigenvalue weighted by atomic mass is 79.9. The SMILES string of the molecule is Cn1cnc(-c2nc(Br)ns2)c1. The van der Waals surface area contributed by atoms with E-state index in [2.05, 4.69) is 30.3 Å². The molecule has 2 aromatic heterocycles. The van der Waals surface area contributed by atoms with Gasteiger partial charge in [0.2, 0.25) is 4.73 Å². The summed E-state index contributed by atoms with van der Waals surface area (Å²) in [4.78, 5) is 8.29. The van der Waals surface area contributed by atoms with Gasteiger partial charge in [0.15, 0.2) is 5.01 Å². The Balaban J connectivity index is 2.43. The first-order valence-electron chi connectivity index (χ1n) is 3.23. The van der Waals surface area contributed by atoms with Crippen molar-refractivity contribution in [3.63, 3.8) is 0 Å². The molecule has 0 N–H and O–H groups in total. The lowest BCUT2D eigenvalue weighted by atomic mass is 10.5. The van der Waals surface area contributed by atoms with Crippen LogP contribution in [0.15, 0.2) is 17.3 Å². The van der Waals surface area contributed by atoms with E-state index in [1.807, 2.05) is 17.8 Å².